The van der Waals surface area contributed by atoms with Crippen LogP contribution in [0.1, 0.15) is 15.2 Å². The lowest BCUT2D eigenvalue weighted by molar-refractivity contribution is -0.380. The van der Waals surface area contributed by atoms with Crippen molar-refractivity contribution >= 4 is 44.7 Å². The number of thiazole rings is 1. The normalized spacial score (nSPS) is 10.4. The summed E-state index contributed by atoms with van der Waals surface area (Å²) in [6.07, 6.45) is 0. The predicted molar refractivity (Wildman–Crippen MR) is 102 cm³/mol. The van der Waals surface area contributed by atoms with E-state index in [1.807, 2.05) is 36.6 Å². The molecule has 0 aliphatic carbocycles. The number of carbonyl (C=O) groups excluding carboxylic acids is 2. The van der Waals surface area contributed by atoms with E-state index in [4.69, 9.17) is 4.74 Å². The molecule has 3 aromatic rings. The number of benzene rings is 1. The SMILES string of the molecule is Cc1ccc(-c2csc(NC(=O)COC(=O)c3ccc([N+](=O)[O-])s3)n2)cc1. The van der Waals surface area contributed by atoms with Crippen LogP contribution in [0.4, 0.5) is 10.1 Å². The summed E-state index contributed by atoms with van der Waals surface area (Å²) in [5.74, 6) is -1.33. The van der Waals surface area contributed by atoms with Gasteiger partial charge in [0, 0.05) is 17.0 Å². The van der Waals surface area contributed by atoms with Crippen molar-refractivity contribution in [3.05, 3.63) is 62.3 Å². The van der Waals surface area contributed by atoms with Gasteiger partial charge in [-0.15, -0.1) is 11.3 Å². The quantitative estimate of drug-likeness (QED) is 0.380. The second-order valence-corrected chi connectivity index (χ2v) is 7.34. The molecule has 27 heavy (non-hydrogen) atoms. The highest BCUT2D eigenvalue weighted by Gasteiger charge is 2.17. The van der Waals surface area contributed by atoms with Gasteiger partial charge in [0.15, 0.2) is 11.7 Å². The van der Waals surface area contributed by atoms with Crippen molar-refractivity contribution in [2.45, 2.75) is 6.92 Å². The first-order valence-corrected chi connectivity index (χ1v) is 9.36. The van der Waals surface area contributed by atoms with Gasteiger partial charge in [0.2, 0.25) is 0 Å². The van der Waals surface area contributed by atoms with Crippen LogP contribution in [0, 0.1) is 17.0 Å². The highest BCUT2D eigenvalue weighted by Crippen LogP contribution is 2.26. The zero-order valence-electron chi connectivity index (χ0n) is 14.0. The third kappa shape index (κ3) is 4.74. The lowest BCUT2D eigenvalue weighted by Crippen LogP contribution is -2.20. The smallest absolute Gasteiger partial charge is 0.349 e. The van der Waals surface area contributed by atoms with E-state index in [-0.39, 0.29) is 9.88 Å². The number of rotatable bonds is 6. The highest BCUT2D eigenvalue weighted by atomic mass is 32.1. The van der Waals surface area contributed by atoms with Gasteiger partial charge in [-0.25, -0.2) is 9.78 Å². The van der Waals surface area contributed by atoms with E-state index in [2.05, 4.69) is 10.3 Å². The maximum absolute atomic E-state index is 11.9. The van der Waals surface area contributed by atoms with Crippen LogP contribution in [0.5, 0.6) is 0 Å². The van der Waals surface area contributed by atoms with Gasteiger partial charge >= 0.3 is 11.0 Å². The third-order valence-corrected chi connectivity index (χ3v) is 5.18. The number of nitrogens with one attached hydrogen (secondary N) is 1. The highest BCUT2D eigenvalue weighted by molar-refractivity contribution is 7.17. The lowest BCUT2D eigenvalue weighted by Gasteiger charge is -2.03. The molecule has 0 fully saturated rings. The number of nitrogens with zero attached hydrogens (tertiary/aromatic N) is 2. The molecule has 0 saturated carbocycles. The van der Waals surface area contributed by atoms with E-state index in [0.29, 0.717) is 16.5 Å². The van der Waals surface area contributed by atoms with E-state index in [0.717, 1.165) is 16.8 Å². The number of aromatic nitrogens is 1. The van der Waals surface area contributed by atoms with Crippen molar-refractivity contribution in [2.24, 2.45) is 0 Å². The number of hydrogen-bond donors (Lipinski definition) is 1. The van der Waals surface area contributed by atoms with E-state index >= 15 is 0 Å². The van der Waals surface area contributed by atoms with Crippen LogP contribution in [0.3, 0.4) is 0 Å². The molecule has 0 radical (unpaired) electrons. The van der Waals surface area contributed by atoms with E-state index in [1.54, 1.807) is 0 Å². The van der Waals surface area contributed by atoms with Crippen molar-refractivity contribution in [2.75, 3.05) is 11.9 Å². The molecule has 0 aliphatic heterocycles. The minimum Gasteiger partial charge on any atom is -0.451 e. The summed E-state index contributed by atoms with van der Waals surface area (Å²) in [6, 6.07) is 10.3. The van der Waals surface area contributed by atoms with Crippen molar-refractivity contribution in [3.63, 3.8) is 0 Å². The van der Waals surface area contributed by atoms with Crippen LogP contribution in [0.25, 0.3) is 11.3 Å². The lowest BCUT2D eigenvalue weighted by atomic mass is 10.1. The molecule has 0 unspecified atom stereocenters. The molecule has 10 heteroatoms. The van der Waals surface area contributed by atoms with Gasteiger partial charge in [-0.2, -0.15) is 0 Å². The Balaban J connectivity index is 1.54. The average molecular weight is 403 g/mol. The number of hydrogen-bond acceptors (Lipinski definition) is 8. The van der Waals surface area contributed by atoms with Crippen LogP contribution >= 0.6 is 22.7 Å². The summed E-state index contributed by atoms with van der Waals surface area (Å²) in [5.41, 5.74) is 2.81. The Morgan fingerprint density at radius 3 is 2.63 bits per heavy atom. The largest absolute Gasteiger partial charge is 0.451 e. The Morgan fingerprint density at radius 1 is 1.22 bits per heavy atom. The first-order chi connectivity index (χ1) is 12.9. The number of amides is 1. The Kier molecular flexibility index (Phi) is 5.57. The molecule has 3 rings (SSSR count). The number of esters is 1. The number of aryl methyl sites for hydroxylation is 1. The fourth-order valence-electron chi connectivity index (χ4n) is 2.08. The summed E-state index contributed by atoms with van der Waals surface area (Å²) in [5, 5.41) is 15.2. The van der Waals surface area contributed by atoms with Gasteiger partial charge < -0.3 is 4.74 Å². The average Bonchev–Trinajstić information content (AvgIpc) is 3.30. The second-order valence-electron chi connectivity index (χ2n) is 5.42. The molecule has 0 aliphatic rings. The van der Waals surface area contributed by atoms with Crippen LogP contribution in [0.2, 0.25) is 0 Å². The molecule has 1 N–H and O–H groups in total. The first kappa shape index (κ1) is 18.7. The molecule has 2 aromatic heterocycles. The van der Waals surface area contributed by atoms with Crippen LogP contribution in [0.15, 0.2) is 41.8 Å². The maximum atomic E-state index is 11.9. The summed E-state index contributed by atoms with van der Waals surface area (Å²) >= 11 is 1.95. The van der Waals surface area contributed by atoms with Crippen LogP contribution in [-0.4, -0.2) is 28.4 Å². The van der Waals surface area contributed by atoms with E-state index < -0.39 is 23.4 Å². The maximum Gasteiger partial charge on any atom is 0.349 e. The molecule has 8 nitrogen and oxygen atoms in total. The van der Waals surface area contributed by atoms with Gasteiger partial charge in [0.1, 0.15) is 4.88 Å². The van der Waals surface area contributed by atoms with Crippen LogP contribution in [-0.2, 0) is 9.53 Å². The van der Waals surface area contributed by atoms with Crippen molar-refractivity contribution in [1.82, 2.24) is 4.98 Å². The predicted octanol–water partition coefficient (Wildman–Crippen LogP) is 3.88. The summed E-state index contributed by atoms with van der Waals surface area (Å²) in [7, 11) is 0. The molecule has 138 valence electrons. The second kappa shape index (κ2) is 8.06. The number of ether oxygens (including phenoxy) is 1. The molecule has 1 aromatic carbocycles. The van der Waals surface area contributed by atoms with E-state index in [9.17, 15) is 19.7 Å². The fourth-order valence-corrected chi connectivity index (χ4v) is 3.53. The zero-order chi connectivity index (χ0) is 19.4. The molecular formula is C17H13N3O5S2. The van der Waals surface area contributed by atoms with Crippen molar-refractivity contribution in [3.8, 4) is 11.3 Å². The number of nitro groups is 1. The molecule has 0 atom stereocenters. The van der Waals surface area contributed by atoms with Gasteiger partial charge in [-0.3, -0.25) is 20.2 Å². The fraction of sp³-hybridized carbons (Fsp3) is 0.118. The topological polar surface area (TPSA) is 111 Å². The van der Waals surface area contributed by atoms with Gasteiger partial charge in [-0.1, -0.05) is 41.2 Å². The Bertz CT molecular complexity index is 994. The minimum absolute atomic E-state index is 0.0606. The minimum atomic E-state index is -0.789. The Labute approximate surface area is 161 Å². The van der Waals surface area contributed by atoms with Crippen molar-refractivity contribution in [1.29, 1.82) is 0 Å². The summed E-state index contributed by atoms with van der Waals surface area (Å²) in [4.78, 5) is 38.2. The van der Waals surface area contributed by atoms with Crippen LogP contribution < -0.4 is 5.32 Å². The zero-order valence-corrected chi connectivity index (χ0v) is 15.6. The van der Waals surface area contributed by atoms with Gasteiger partial charge in [-0.05, 0) is 13.0 Å². The molecule has 0 saturated heterocycles. The molecule has 0 bridgehead atoms. The molecule has 2 heterocycles. The number of anilines is 1. The van der Waals surface area contributed by atoms with E-state index in [1.165, 1.54) is 23.5 Å². The van der Waals surface area contributed by atoms with Crippen molar-refractivity contribution < 1.29 is 19.2 Å². The number of carbonyl (C=O) groups is 2. The third-order valence-electron chi connectivity index (χ3n) is 3.41. The molecular weight excluding hydrogens is 390 g/mol. The summed E-state index contributed by atoms with van der Waals surface area (Å²) in [6.45, 7) is 1.48. The molecule has 1 amide bonds. The number of thiophene rings is 1. The van der Waals surface area contributed by atoms with Gasteiger partial charge in [0.25, 0.3) is 5.91 Å². The standard InChI is InChI=1S/C17H13N3O5S2/c1-10-2-4-11(5-3-10)12-9-26-17(18-12)19-14(21)8-25-16(22)13-6-7-15(27-13)20(23)24/h2-7,9H,8H2,1H3,(H,18,19,21). The Hall–Kier alpha value is -3.11. The summed E-state index contributed by atoms with van der Waals surface area (Å²) < 4.78 is 4.87. The van der Waals surface area contributed by atoms with Gasteiger partial charge in [0.05, 0.1) is 10.6 Å². The Morgan fingerprint density at radius 2 is 1.96 bits per heavy atom. The first-order valence-electron chi connectivity index (χ1n) is 7.66. The monoisotopic (exact) mass is 403 g/mol. The molecule has 0 spiro atoms.